The minimum absolute atomic E-state index is 1.04. The van der Waals surface area contributed by atoms with Gasteiger partial charge in [0.15, 0.2) is 0 Å². The summed E-state index contributed by atoms with van der Waals surface area (Å²) in [5, 5.41) is 0. The Bertz CT molecular complexity index is 106. The molecule has 0 aromatic rings. The summed E-state index contributed by atoms with van der Waals surface area (Å²) < 4.78 is 0. The maximum absolute atomic E-state index is 2.36. The molecule has 0 heterocycles. The van der Waals surface area contributed by atoms with Gasteiger partial charge in [0, 0.05) is 0 Å². The van der Waals surface area contributed by atoms with E-state index in [0.29, 0.717) is 0 Å². The van der Waals surface area contributed by atoms with Crippen molar-refractivity contribution < 1.29 is 0 Å². The molecule has 1 heteroatoms. The first-order chi connectivity index (χ1) is 5.86. The van der Waals surface area contributed by atoms with E-state index in [1.165, 1.54) is 52.1 Å². The smallest absolute Gasteiger partial charge is 0.0800 e. The molecule has 1 rings (SSSR count). The molecule has 0 spiro atoms. The highest BCUT2D eigenvalue weighted by Crippen LogP contribution is 2.33. The molecule has 0 bridgehead atoms. The summed E-state index contributed by atoms with van der Waals surface area (Å²) in [7, 11) is 1.47. The zero-order chi connectivity index (χ0) is 8.81. The average molecular weight is 166 g/mol. The van der Waals surface area contributed by atoms with Gasteiger partial charge in [0.05, 0.1) is 0 Å². The first kappa shape index (κ1) is 10.1. The number of hydrogen-bond donors (Lipinski definition) is 0. The minimum Gasteiger partial charge on any atom is -0.0800 e. The molecule has 1 unspecified atom stereocenters. The van der Waals surface area contributed by atoms with Gasteiger partial charge in [-0.05, 0) is 5.92 Å². The molecular formula is C11H23B. The van der Waals surface area contributed by atoms with Gasteiger partial charge in [0.1, 0.15) is 7.28 Å². The van der Waals surface area contributed by atoms with Gasteiger partial charge >= 0.3 is 0 Å². The van der Waals surface area contributed by atoms with Gasteiger partial charge in [-0.15, -0.1) is 0 Å². The van der Waals surface area contributed by atoms with Crippen molar-refractivity contribution >= 4 is 7.28 Å². The van der Waals surface area contributed by atoms with Crippen LogP contribution >= 0.6 is 0 Å². The van der Waals surface area contributed by atoms with E-state index in [2.05, 4.69) is 13.8 Å². The summed E-state index contributed by atoms with van der Waals surface area (Å²) in [4.78, 5) is 0. The Morgan fingerprint density at radius 2 is 1.92 bits per heavy atom. The fourth-order valence-electron chi connectivity index (χ4n) is 2.61. The van der Waals surface area contributed by atoms with Crippen molar-refractivity contribution in [2.75, 3.05) is 0 Å². The van der Waals surface area contributed by atoms with Gasteiger partial charge in [-0.2, -0.15) is 0 Å². The molecule has 0 aromatic heterocycles. The van der Waals surface area contributed by atoms with Crippen LogP contribution in [0, 0.1) is 5.92 Å². The summed E-state index contributed by atoms with van der Waals surface area (Å²) in [6.45, 7) is 4.67. The lowest BCUT2D eigenvalue weighted by atomic mass is 9.58. The molecule has 0 radical (unpaired) electrons. The summed E-state index contributed by atoms with van der Waals surface area (Å²) in [5.41, 5.74) is 0. The molecule has 0 N–H and O–H groups in total. The Hall–Kier alpha value is 0.0649. The lowest BCUT2D eigenvalue weighted by Gasteiger charge is -2.17. The third kappa shape index (κ3) is 3.20. The number of rotatable bonds is 5. The second-order valence-electron chi connectivity index (χ2n) is 4.45. The minimum atomic E-state index is 1.04. The number of hydrogen-bond acceptors (Lipinski definition) is 0. The lowest BCUT2D eigenvalue weighted by Crippen LogP contribution is -2.06. The SMILES string of the molecule is CCBC(CC)CC1CCCC1. The quantitative estimate of drug-likeness (QED) is 0.547. The van der Waals surface area contributed by atoms with Crippen LogP contribution in [-0.2, 0) is 0 Å². The molecule has 1 fully saturated rings. The first-order valence-corrected chi connectivity index (χ1v) is 5.86. The summed E-state index contributed by atoms with van der Waals surface area (Å²) in [6, 6.07) is 0. The van der Waals surface area contributed by atoms with Gasteiger partial charge in [-0.3, -0.25) is 0 Å². The molecule has 1 atom stereocenters. The second-order valence-corrected chi connectivity index (χ2v) is 4.45. The van der Waals surface area contributed by atoms with Crippen molar-refractivity contribution in [2.24, 2.45) is 5.92 Å². The Morgan fingerprint density at radius 1 is 1.25 bits per heavy atom. The first-order valence-electron chi connectivity index (χ1n) is 5.86. The van der Waals surface area contributed by atoms with Crippen LogP contribution in [0.5, 0.6) is 0 Å². The van der Waals surface area contributed by atoms with Crippen LogP contribution in [0.25, 0.3) is 0 Å². The summed E-state index contributed by atoms with van der Waals surface area (Å²) >= 11 is 0. The van der Waals surface area contributed by atoms with Crippen molar-refractivity contribution in [3.63, 3.8) is 0 Å². The van der Waals surface area contributed by atoms with E-state index in [-0.39, 0.29) is 0 Å². The third-order valence-electron chi connectivity index (χ3n) is 3.42. The summed E-state index contributed by atoms with van der Waals surface area (Å²) in [6.07, 6.45) is 10.4. The van der Waals surface area contributed by atoms with Gasteiger partial charge in [0.25, 0.3) is 0 Å². The molecule has 0 aliphatic heterocycles. The Morgan fingerprint density at radius 3 is 2.42 bits per heavy atom. The third-order valence-corrected chi connectivity index (χ3v) is 3.42. The van der Waals surface area contributed by atoms with Gasteiger partial charge in [-0.1, -0.05) is 64.5 Å². The van der Waals surface area contributed by atoms with Gasteiger partial charge in [0.2, 0.25) is 0 Å². The monoisotopic (exact) mass is 166 g/mol. The zero-order valence-electron chi connectivity index (χ0n) is 8.81. The molecule has 0 aromatic carbocycles. The lowest BCUT2D eigenvalue weighted by molar-refractivity contribution is 0.478. The van der Waals surface area contributed by atoms with Crippen molar-refractivity contribution in [3.8, 4) is 0 Å². The van der Waals surface area contributed by atoms with Gasteiger partial charge < -0.3 is 0 Å². The predicted molar refractivity (Wildman–Crippen MR) is 58.2 cm³/mol. The van der Waals surface area contributed by atoms with Crippen LogP contribution < -0.4 is 0 Å². The van der Waals surface area contributed by atoms with E-state index in [1.54, 1.807) is 0 Å². The van der Waals surface area contributed by atoms with Crippen molar-refractivity contribution in [3.05, 3.63) is 0 Å². The zero-order valence-corrected chi connectivity index (χ0v) is 8.81. The Kier molecular flexibility index (Phi) is 4.79. The molecular weight excluding hydrogens is 143 g/mol. The molecule has 1 aliphatic carbocycles. The molecule has 1 saturated carbocycles. The molecule has 0 amide bonds. The Balaban J connectivity index is 2.16. The predicted octanol–water partition coefficient (Wildman–Crippen LogP) is 3.64. The highest BCUT2D eigenvalue weighted by molar-refractivity contribution is 6.37. The second kappa shape index (κ2) is 5.67. The Labute approximate surface area is 78.4 Å². The fraction of sp³-hybridized carbons (Fsp3) is 1.00. The van der Waals surface area contributed by atoms with E-state index in [9.17, 15) is 0 Å². The van der Waals surface area contributed by atoms with Crippen LogP contribution in [-0.4, -0.2) is 7.28 Å². The van der Waals surface area contributed by atoms with E-state index in [4.69, 9.17) is 0 Å². The van der Waals surface area contributed by atoms with E-state index < -0.39 is 0 Å². The molecule has 12 heavy (non-hydrogen) atoms. The maximum Gasteiger partial charge on any atom is 0.123 e. The van der Waals surface area contributed by atoms with Crippen LogP contribution in [0.2, 0.25) is 12.1 Å². The highest BCUT2D eigenvalue weighted by Gasteiger charge is 2.18. The normalized spacial score (nSPS) is 21.2. The van der Waals surface area contributed by atoms with E-state index in [1.807, 2.05) is 0 Å². The molecule has 70 valence electrons. The van der Waals surface area contributed by atoms with Crippen LogP contribution in [0.4, 0.5) is 0 Å². The van der Waals surface area contributed by atoms with Crippen molar-refractivity contribution in [1.29, 1.82) is 0 Å². The fourth-order valence-corrected chi connectivity index (χ4v) is 2.61. The van der Waals surface area contributed by atoms with Crippen molar-refractivity contribution in [1.82, 2.24) is 0 Å². The van der Waals surface area contributed by atoms with Crippen LogP contribution in [0.1, 0.15) is 52.4 Å². The summed E-state index contributed by atoms with van der Waals surface area (Å²) in [5.74, 6) is 2.14. The molecule has 0 nitrogen and oxygen atoms in total. The van der Waals surface area contributed by atoms with Crippen LogP contribution in [0.15, 0.2) is 0 Å². The molecule has 1 aliphatic rings. The topological polar surface area (TPSA) is 0 Å². The highest BCUT2D eigenvalue weighted by atomic mass is 14.2. The van der Waals surface area contributed by atoms with E-state index in [0.717, 1.165) is 11.7 Å². The maximum atomic E-state index is 2.36. The average Bonchev–Trinajstić information content (AvgIpc) is 2.56. The molecule has 0 saturated heterocycles. The van der Waals surface area contributed by atoms with E-state index >= 15 is 0 Å². The van der Waals surface area contributed by atoms with Crippen molar-refractivity contribution in [2.45, 2.75) is 64.5 Å². The van der Waals surface area contributed by atoms with Gasteiger partial charge in [-0.25, -0.2) is 0 Å². The standard InChI is InChI=1S/C11H23B/c1-3-11(12-4-2)9-10-7-5-6-8-10/h10-12H,3-9H2,1-2H3. The largest absolute Gasteiger partial charge is 0.123 e. The van der Waals surface area contributed by atoms with Crippen LogP contribution in [0.3, 0.4) is 0 Å².